The van der Waals surface area contributed by atoms with E-state index in [0.29, 0.717) is 28.4 Å². The number of benzene rings is 1. The van der Waals surface area contributed by atoms with Crippen LogP contribution in [0.5, 0.6) is 5.75 Å². The molecule has 3 rings (SSSR count). The number of fused-ring (bicyclic) bond motifs is 1. The summed E-state index contributed by atoms with van der Waals surface area (Å²) in [6.45, 7) is 3.73. The zero-order valence-electron chi connectivity index (χ0n) is 14.2. The van der Waals surface area contributed by atoms with Gasteiger partial charge in [0, 0.05) is 34.5 Å². The van der Waals surface area contributed by atoms with Gasteiger partial charge in [-0.15, -0.1) is 11.3 Å². The van der Waals surface area contributed by atoms with Gasteiger partial charge in [-0.1, -0.05) is 0 Å². The van der Waals surface area contributed by atoms with E-state index in [2.05, 4.69) is 10.3 Å². The van der Waals surface area contributed by atoms with Crippen LogP contribution < -0.4 is 15.7 Å². The minimum absolute atomic E-state index is 0.181. The molecule has 0 saturated carbocycles. The minimum atomic E-state index is -0.414. The van der Waals surface area contributed by atoms with Crippen molar-refractivity contribution in [1.82, 2.24) is 4.98 Å². The first-order valence-electron chi connectivity index (χ1n) is 7.80. The first-order chi connectivity index (χ1) is 12.0. The first-order valence-corrected chi connectivity index (χ1v) is 8.68. The standard InChI is InChI=1S/C18H18N2O4S/c1-10-12-4-6-14(23-3)11(2)16(12)24-17(22)13(10)5-7-15(21)20-18-19-8-9-25-18/h4,6,8-9H,5,7H2,1-3H3,(H,19,20,21). The third-order valence-electron chi connectivity index (χ3n) is 4.15. The predicted molar refractivity (Wildman–Crippen MR) is 97.6 cm³/mol. The maximum atomic E-state index is 12.4. The molecule has 2 aromatic heterocycles. The van der Waals surface area contributed by atoms with Gasteiger partial charge in [0.15, 0.2) is 5.13 Å². The fraction of sp³-hybridized carbons (Fsp3) is 0.278. The van der Waals surface area contributed by atoms with Crippen molar-refractivity contribution in [3.8, 4) is 5.75 Å². The fourth-order valence-corrected chi connectivity index (χ4v) is 3.33. The second-order valence-electron chi connectivity index (χ2n) is 5.65. The van der Waals surface area contributed by atoms with Crippen molar-refractivity contribution in [2.45, 2.75) is 26.7 Å². The van der Waals surface area contributed by atoms with Crippen molar-refractivity contribution in [3.63, 3.8) is 0 Å². The van der Waals surface area contributed by atoms with Crippen molar-refractivity contribution in [2.24, 2.45) is 0 Å². The summed E-state index contributed by atoms with van der Waals surface area (Å²) in [6.07, 6.45) is 2.12. The summed E-state index contributed by atoms with van der Waals surface area (Å²) in [5.41, 5.74) is 2.25. The van der Waals surface area contributed by atoms with Crippen LogP contribution in [-0.2, 0) is 11.2 Å². The number of carbonyl (C=O) groups is 1. The third-order valence-corrected chi connectivity index (χ3v) is 4.84. The van der Waals surface area contributed by atoms with Crippen molar-refractivity contribution in [3.05, 3.63) is 50.8 Å². The lowest BCUT2D eigenvalue weighted by atomic mass is 10.0. The number of aryl methyl sites for hydroxylation is 2. The molecular weight excluding hydrogens is 340 g/mol. The van der Waals surface area contributed by atoms with Crippen molar-refractivity contribution < 1.29 is 13.9 Å². The Bertz CT molecular complexity index is 977. The van der Waals surface area contributed by atoms with E-state index in [1.807, 2.05) is 26.0 Å². The van der Waals surface area contributed by atoms with E-state index in [0.717, 1.165) is 16.5 Å². The normalized spacial score (nSPS) is 10.8. The van der Waals surface area contributed by atoms with Crippen LogP contribution in [0.15, 0.2) is 32.9 Å². The molecule has 0 saturated heterocycles. The SMILES string of the molecule is COc1ccc2c(C)c(CCC(=O)Nc3nccs3)c(=O)oc2c1C. The molecule has 0 atom stereocenters. The highest BCUT2D eigenvalue weighted by atomic mass is 32.1. The molecule has 130 valence electrons. The van der Waals surface area contributed by atoms with Crippen LogP contribution in [0.1, 0.15) is 23.1 Å². The predicted octanol–water partition coefficient (Wildman–Crippen LogP) is 3.45. The van der Waals surface area contributed by atoms with Gasteiger partial charge in [0.05, 0.1) is 7.11 Å². The minimum Gasteiger partial charge on any atom is -0.496 e. The smallest absolute Gasteiger partial charge is 0.339 e. The number of thiazole rings is 1. The highest BCUT2D eigenvalue weighted by Crippen LogP contribution is 2.29. The number of ether oxygens (including phenoxy) is 1. The van der Waals surface area contributed by atoms with Crippen LogP contribution in [0.4, 0.5) is 5.13 Å². The Kier molecular flexibility index (Phi) is 4.85. The largest absolute Gasteiger partial charge is 0.496 e. The summed E-state index contributed by atoms with van der Waals surface area (Å²) in [7, 11) is 1.58. The van der Waals surface area contributed by atoms with E-state index in [4.69, 9.17) is 9.15 Å². The average molecular weight is 358 g/mol. The van der Waals surface area contributed by atoms with E-state index in [1.54, 1.807) is 18.7 Å². The monoisotopic (exact) mass is 358 g/mol. The molecule has 0 fully saturated rings. The van der Waals surface area contributed by atoms with Crippen molar-refractivity contribution in [2.75, 3.05) is 12.4 Å². The summed E-state index contributed by atoms with van der Waals surface area (Å²) >= 11 is 1.35. The van der Waals surface area contributed by atoms with Gasteiger partial charge in [-0.25, -0.2) is 9.78 Å². The van der Waals surface area contributed by atoms with Gasteiger partial charge in [0.25, 0.3) is 0 Å². The molecule has 0 aliphatic heterocycles. The van der Waals surface area contributed by atoms with Crippen LogP contribution in [0.25, 0.3) is 11.0 Å². The van der Waals surface area contributed by atoms with Crippen LogP contribution in [0.2, 0.25) is 0 Å². The number of aromatic nitrogens is 1. The summed E-state index contributed by atoms with van der Waals surface area (Å²) in [4.78, 5) is 28.4. The van der Waals surface area contributed by atoms with Gasteiger partial charge in [-0.3, -0.25) is 4.79 Å². The maximum absolute atomic E-state index is 12.4. The van der Waals surface area contributed by atoms with E-state index in [-0.39, 0.29) is 12.3 Å². The Labute approximate surface area is 148 Å². The lowest BCUT2D eigenvalue weighted by molar-refractivity contribution is -0.116. The number of methoxy groups -OCH3 is 1. The highest BCUT2D eigenvalue weighted by Gasteiger charge is 2.16. The van der Waals surface area contributed by atoms with Gasteiger partial charge in [-0.05, 0) is 38.0 Å². The Balaban J connectivity index is 1.87. The molecule has 0 spiro atoms. The molecule has 0 bridgehead atoms. The van der Waals surface area contributed by atoms with Crippen molar-refractivity contribution in [1.29, 1.82) is 0 Å². The zero-order chi connectivity index (χ0) is 18.0. The number of carbonyl (C=O) groups excluding carboxylic acids is 1. The summed E-state index contributed by atoms with van der Waals surface area (Å²) in [6, 6.07) is 3.72. The van der Waals surface area contributed by atoms with Gasteiger partial charge in [0.1, 0.15) is 11.3 Å². The third kappa shape index (κ3) is 3.41. The molecule has 25 heavy (non-hydrogen) atoms. The Morgan fingerprint density at radius 3 is 2.80 bits per heavy atom. The Hall–Kier alpha value is -2.67. The second kappa shape index (κ2) is 7.06. The molecule has 0 aliphatic carbocycles. The Morgan fingerprint density at radius 2 is 2.12 bits per heavy atom. The van der Waals surface area contributed by atoms with Crippen LogP contribution in [0, 0.1) is 13.8 Å². The molecule has 0 radical (unpaired) electrons. The average Bonchev–Trinajstić information content (AvgIpc) is 3.08. The lowest BCUT2D eigenvalue weighted by Crippen LogP contribution is -2.16. The zero-order valence-corrected chi connectivity index (χ0v) is 15.0. The summed E-state index contributed by atoms with van der Waals surface area (Å²) in [5.74, 6) is 0.491. The molecule has 7 heteroatoms. The summed E-state index contributed by atoms with van der Waals surface area (Å²) in [5, 5.41) is 5.90. The molecule has 0 aliphatic rings. The number of anilines is 1. The fourth-order valence-electron chi connectivity index (χ4n) is 2.79. The van der Waals surface area contributed by atoms with Gasteiger partial charge in [0.2, 0.25) is 5.91 Å². The van der Waals surface area contributed by atoms with E-state index in [1.165, 1.54) is 11.3 Å². The van der Waals surface area contributed by atoms with Crippen LogP contribution in [0.3, 0.4) is 0 Å². The van der Waals surface area contributed by atoms with Crippen molar-refractivity contribution >= 4 is 33.3 Å². The van der Waals surface area contributed by atoms with Crippen LogP contribution >= 0.6 is 11.3 Å². The highest BCUT2D eigenvalue weighted by molar-refractivity contribution is 7.13. The van der Waals surface area contributed by atoms with E-state index < -0.39 is 5.63 Å². The lowest BCUT2D eigenvalue weighted by Gasteiger charge is -2.11. The number of rotatable bonds is 5. The molecule has 1 aromatic carbocycles. The molecule has 0 unspecified atom stereocenters. The number of amides is 1. The molecular formula is C18H18N2O4S. The number of hydrogen-bond donors (Lipinski definition) is 1. The van der Waals surface area contributed by atoms with Crippen LogP contribution in [-0.4, -0.2) is 18.0 Å². The molecule has 6 nitrogen and oxygen atoms in total. The number of nitrogens with zero attached hydrogens (tertiary/aromatic N) is 1. The number of nitrogens with one attached hydrogen (secondary N) is 1. The quantitative estimate of drug-likeness (QED) is 0.707. The first kappa shape index (κ1) is 17.2. The van der Waals surface area contributed by atoms with E-state index >= 15 is 0 Å². The molecule has 3 aromatic rings. The molecule has 1 amide bonds. The molecule has 2 heterocycles. The Morgan fingerprint density at radius 1 is 1.32 bits per heavy atom. The van der Waals surface area contributed by atoms with Gasteiger partial charge >= 0.3 is 5.63 Å². The second-order valence-corrected chi connectivity index (χ2v) is 6.54. The molecule has 1 N–H and O–H groups in total. The number of hydrogen-bond acceptors (Lipinski definition) is 6. The topological polar surface area (TPSA) is 81.4 Å². The van der Waals surface area contributed by atoms with E-state index in [9.17, 15) is 9.59 Å². The maximum Gasteiger partial charge on any atom is 0.339 e. The summed E-state index contributed by atoms with van der Waals surface area (Å²) < 4.78 is 10.8. The van der Waals surface area contributed by atoms with Gasteiger partial charge in [-0.2, -0.15) is 0 Å². The van der Waals surface area contributed by atoms with Gasteiger partial charge < -0.3 is 14.5 Å².